The summed E-state index contributed by atoms with van der Waals surface area (Å²) < 4.78 is 33.2. The van der Waals surface area contributed by atoms with Crippen molar-refractivity contribution in [2.45, 2.75) is 225 Å². The van der Waals surface area contributed by atoms with Gasteiger partial charge in [0.1, 0.15) is 42.2 Å². The van der Waals surface area contributed by atoms with Crippen LogP contribution in [0.25, 0.3) is 22.4 Å². The number of hydrogen-bond acceptors (Lipinski definition) is 15. The number of ether oxygens (including phenoxy) is 3. The first-order chi connectivity index (χ1) is 48.7. The molecule has 0 saturated carbocycles. The van der Waals surface area contributed by atoms with Crippen LogP contribution < -0.4 is 25.6 Å². The Balaban J connectivity index is 0.000000245. The molecule has 2 aliphatic heterocycles. The van der Waals surface area contributed by atoms with Crippen LogP contribution in [-0.4, -0.2) is 122 Å². The molecule has 101 heavy (non-hydrogen) atoms. The molecule has 4 aromatic carbocycles. The summed E-state index contributed by atoms with van der Waals surface area (Å²) in [5, 5.41) is 37.1. The maximum absolute atomic E-state index is 14.0. The minimum atomic E-state index is -1.18. The van der Waals surface area contributed by atoms with E-state index in [0.29, 0.717) is 60.4 Å². The van der Waals surface area contributed by atoms with Crippen molar-refractivity contribution in [3.05, 3.63) is 156 Å². The van der Waals surface area contributed by atoms with Crippen LogP contribution in [0.3, 0.4) is 0 Å². The van der Waals surface area contributed by atoms with E-state index in [1.54, 1.807) is 18.3 Å². The van der Waals surface area contributed by atoms with Crippen molar-refractivity contribution in [3.8, 4) is 28.1 Å². The molecule has 4 amide bonds. The Kier molecular flexibility index (Phi) is 35.6. The van der Waals surface area contributed by atoms with Gasteiger partial charge in [-0.3, -0.25) is 34.1 Å². The summed E-state index contributed by atoms with van der Waals surface area (Å²) in [6, 6.07) is 37.6. The number of pyridine rings is 1. The van der Waals surface area contributed by atoms with Crippen molar-refractivity contribution in [2.75, 3.05) is 30.4 Å². The number of likely N-dealkylation sites (N-methyl/N-ethyl adjacent to an activating group) is 1. The van der Waals surface area contributed by atoms with E-state index in [1.165, 1.54) is 69.9 Å². The zero-order valence-corrected chi connectivity index (χ0v) is 60.8. The number of para-hydroxylation sites is 1. The van der Waals surface area contributed by atoms with Crippen LogP contribution in [0.1, 0.15) is 197 Å². The zero-order valence-electron chi connectivity index (χ0n) is 60.0. The lowest BCUT2D eigenvalue weighted by atomic mass is 9.86. The molecule has 0 aliphatic carbocycles. The molecule has 2 saturated heterocycles. The first kappa shape index (κ1) is 81.6. The van der Waals surface area contributed by atoms with Gasteiger partial charge in [-0.05, 0) is 134 Å². The van der Waals surface area contributed by atoms with Gasteiger partial charge in [-0.25, -0.2) is 14.2 Å². The fourth-order valence-electron chi connectivity index (χ4n) is 12.6. The smallest absolute Gasteiger partial charge is 0.328 e. The van der Waals surface area contributed by atoms with Crippen LogP contribution in [0.5, 0.6) is 5.75 Å². The molecular weight excluding hydrogens is 1300 g/mol. The Morgan fingerprint density at radius 2 is 1.40 bits per heavy atom. The number of aromatic nitrogens is 2. The predicted molar refractivity (Wildman–Crippen MR) is 396 cm³/mol. The molecule has 4 heterocycles. The number of imide groups is 1. The highest BCUT2D eigenvalue weighted by molar-refractivity contribution is 8.15. The van der Waals surface area contributed by atoms with Crippen LogP contribution in [0.4, 0.5) is 20.7 Å². The Morgan fingerprint density at radius 3 is 1.98 bits per heavy atom. The van der Waals surface area contributed by atoms with Gasteiger partial charge in [-0.2, -0.15) is 0 Å². The summed E-state index contributed by atoms with van der Waals surface area (Å²) in [5.74, 6) is -0.770. The first-order valence-corrected chi connectivity index (χ1v) is 37.1. The highest BCUT2D eigenvalue weighted by Crippen LogP contribution is 2.43. The van der Waals surface area contributed by atoms with Crippen molar-refractivity contribution in [2.24, 2.45) is 11.8 Å². The fourth-order valence-corrected chi connectivity index (χ4v) is 13.4. The van der Waals surface area contributed by atoms with Crippen LogP contribution in [-0.2, 0) is 46.4 Å². The number of benzene rings is 4. The number of hydrogen-bond donors (Lipinski definition) is 6. The van der Waals surface area contributed by atoms with Crippen molar-refractivity contribution in [1.29, 1.82) is 0 Å². The number of rotatable bonds is 42. The highest BCUT2D eigenvalue weighted by Gasteiger charge is 2.43. The predicted octanol–water partition coefficient (Wildman–Crippen LogP) is 15.7. The number of halogens is 1. The molecule has 6 aromatic rings. The lowest BCUT2D eigenvalue weighted by Crippen LogP contribution is -2.48. The summed E-state index contributed by atoms with van der Waals surface area (Å²) in [5.41, 5.74) is 5.77. The number of cyclic esters (lactones) is 1. The number of nitrogens with one attached hydrogen (secondary N) is 3. The Labute approximate surface area is 600 Å². The maximum Gasteiger partial charge on any atom is 0.328 e. The quantitative estimate of drug-likeness (QED) is 0.0118. The second-order valence-corrected chi connectivity index (χ2v) is 28.1. The molecule has 2 fully saturated rings. The molecule has 2 aliphatic rings. The van der Waals surface area contributed by atoms with Gasteiger partial charge >= 0.3 is 17.9 Å². The molecule has 0 radical (unpaired) electrons. The van der Waals surface area contributed by atoms with E-state index in [1.807, 2.05) is 147 Å². The van der Waals surface area contributed by atoms with Crippen LogP contribution in [0, 0.1) is 17.7 Å². The summed E-state index contributed by atoms with van der Waals surface area (Å²) in [4.78, 5) is 90.1. The second-order valence-electron chi connectivity index (χ2n) is 26.9. The molecule has 19 nitrogen and oxygen atoms in total. The first-order valence-electron chi connectivity index (χ1n) is 36.2. The Hall–Kier alpha value is -8.40. The van der Waals surface area contributed by atoms with Crippen molar-refractivity contribution >= 4 is 64.6 Å². The summed E-state index contributed by atoms with van der Waals surface area (Å²) in [7, 11) is 1.97. The SMILES string of the molecule is CC(C)c1c(C(=O)Nc2ccccc2)c(-c2ccccc2)c(-c2ccc(F)cc2)n1CC[C@@H](O)C[C@@H](O)CC(=O)O.CCCCCCCCCCC[C@@H](C[C@@H]1OC(=O)[C@H]1CCCCCC)OC(=O)[C@H](CC(C)C)NC=O.CN(CCOc1ccc(CC2SC(=O)NC2=O)cc1)c1ccccn1. The largest absolute Gasteiger partial charge is 0.492 e. The van der Waals surface area contributed by atoms with Gasteiger partial charge in [0.25, 0.3) is 11.1 Å². The third-order valence-corrected chi connectivity index (χ3v) is 18.8. The van der Waals surface area contributed by atoms with Crippen molar-refractivity contribution in [3.63, 3.8) is 0 Å². The highest BCUT2D eigenvalue weighted by atomic mass is 32.2. The summed E-state index contributed by atoms with van der Waals surface area (Å²) in [6.45, 7) is 14.0. The summed E-state index contributed by atoms with van der Waals surface area (Å²) in [6.07, 6.45) is 18.3. The minimum Gasteiger partial charge on any atom is -0.492 e. The summed E-state index contributed by atoms with van der Waals surface area (Å²) >= 11 is 1.05. The van der Waals surface area contributed by atoms with Gasteiger partial charge in [0.15, 0.2) is 0 Å². The van der Waals surface area contributed by atoms with Crippen molar-refractivity contribution < 1.29 is 67.5 Å². The van der Waals surface area contributed by atoms with Gasteiger partial charge < -0.3 is 49.6 Å². The average molecular weight is 1410 g/mol. The number of esters is 2. The topological polar surface area (TPSA) is 265 Å². The van der Waals surface area contributed by atoms with Crippen LogP contribution in [0.15, 0.2) is 134 Å². The number of anilines is 2. The zero-order chi connectivity index (χ0) is 73.1. The number of aliphatic hydroxyl groups excluding tert-OH is 2. The van der Waals surface area contributed by atoms with E-state index in [4.69, 9.17) is 19.3 Å². The molecule has 6 N–H and O–H groups in total. The van der Waals surface area contributed by atoms with Gasteiger partial charge in [0.05, 0.1) is 47.6 Å². The molecule has 2 aromatic heterocycles. The minimum absolute atomic E-state index is 0.0734. The molecule has 8 rings (SSSR count). The third-order valence-electron chi connectivity index (χ3n) is 17.8. The van der Waals surface area contributed by atoms with E-state index in [-0.39, 0.29) is 89.4 Å². The lowest BCUT2D eigenvalue weighted by Gasteiger charge is -2.37. The van der Waals surface area contributed by atoms with E-state index < -0.39 is 30.6 Å². The number of thioether (sulfide) groups is 1. The van der Waals surface area contributed by atoms with E-state index >= 15 is 0 Å². The number of unbranched alkanes of at least 4 members (excludes halogenated alkanes) is 11. The molecule has 1 unspecified atom stereocenters. The van der Waals surface area contributed by atoms with E-state index in [2.05, 4.69) is 34.8 Å². The number of carbonyl (C=O) groups excluding carboxylic acids is 6. The number of carboxylic acids is 1. The van der Waals surface area contributed by atoms with E-state index in [0.717, 1.165) is 85.2 Å². The lowest BCUT2D eigenvalue weighted by molar-refractivity contribution is -0.190. The molecular formula is C80H107FN6O13S. The van der Waals surface area contributed by atoms with Gasteiger partial charge in [-0.15, -0.1) is 0 Å². The Bertz CT molecular complexity index is 3470. The van der Waals surface area contributed by atoms with Crippen LogP contribution in [0.2, 0.25) is 0 Å². The third kappa shape index (κ3) is 27.8. The van der Waals surface area contributed by atoms with Gasteiger partial charge in [0, 0.05) is 43.2 Å². The number of aliphatic hydroxyl groups is 2. The Morgan fingerprint density at radius 1 is 0.762 bits per heavy atom. The number of aliphatic carboxylic acids is 1. The molecule has 21 heteroatoms. The number of amides is 4. The fraction of sp³-hybridized carbons (Fsp3) is 0.500. The van der Waals surface area contributed by atoms with Crippen LogP contribution >= 0.6 is 11.8 Å². The number of nitrogens with zero attached hydrogens (tertiary/aromatic N) is 3. The second kappa shape index (κ2) is 44.1. The van der Waals surface area contributed by atoms with Gasteiger partial charge in [-0.1, -0.05) is 197 Å². The molecule has 0 spiro atoms. The molecule has 0 bridgehead atoms. The number of carbonyl (C=O) groups is 7. The van der Waals surface area contributed by atoms with Gasteiger partial charge in [0.2, 0.25) is 12.3 Å². The normalized spacial score (nSPS) is 15.9. The molecule has 548 valence electrons. The van der Waals surface area contributed by atoms with Crippen molar-refractivity contribution in [1.82, 2.24) is 20.2 Å². The monoisotopic (exact) mass is 1410 g/mol. The number of carboxylic acid groups (broad SMARTS) is 1. The van der Waals surface area contributed by atoms with E-state index in [9.17, 15) is 48.2 Å². The standard InChI is InChI=1S/C33H35FN2O5.C29H53NO5.C18H19N3O3S/c1-21(2)31-30(33(41)35-25-11-7-4-8-12-25)29(22-9-5-3-6-10-22)32(23-13-15-24(34)16-14-23)36(31)18-17-26(37)19-27(38)20-28(39)40;1-5-7-9-11-12-13-14-15-16-18-24(34-29(33)26(30-22-31)20-23(3)4)21-27-25(28(32)35-27)19-17-10-8-6-2;1-21(16-4-2-3-9-19-16)10-11-24-14-7-5-13(6-8-14)12-15-17(22)20-18(23)25-15/h3-16,21,26-27,37-38H,17-20H2,1-2H3,(H,35,41)(H,39,40);22-27H,5-21H2,1-4H3,(H,30,31);2-9,15H,10-12H2,1H3,(H,20,22,23)/t26-,27-;24-,25-,26-,27-;/m10./s1. The molecule has 7 atom stereocenters. The average Bonchev–Trinajstić information content (AvgIpc) is 1.59. The maximum atomic E-state index is 14.0.